The highest BCUT2D eigenvalue weighted by Gasteiger charge is 2.29. The van der Waals surface area contributed by atoms with Crippen LogP contribution in [0.4, 0.5) is 5.69 Å². The Hall–Kier alpha value is -0.640. The molecule has 2 rings (SSSR count). The normalized spacial score (nSPS) is 22.1. The van der Waals surface area contributed by atoms with Crippen molar-refractivity contribution in [3.05, 3.63) is 22.2 Å². The van der Waals surface area contributed by atoms with Crippen molar-refractivity contribution in [2.24, 2.45) is 0 Å². The van der Waals surface area contributed by atoms with Crippen molar-refractivity contribution in [2.45, 2.75) is 30.7 Å². The van der Waals surface area contributed by atoms with E-state index >= 15 is 0 Å². The van der Waals surface area contributed by atoms with E-state index in [4.69, 9.17) is 5.73 Å². The second-order valence-corrected chi connectivity index (χ2v) is 10.0. The summed E-state index contributed by atoms with van der Waals surface area (Å²) in [5.41, 5.74) is 6.59. The molecule has 1 aromatic rings. The summed E-state index contributed by atoms with van der Waals surface area (Å²) in [6, 6.07) is 2.50. The molecule has 1 atom stereocenters. The summed E-state index contributed by atoms with van der Waals surface area (Å²) in [6.45, 7) is 1.62. The average Bonchev–Trinajstić information content (AvgIpc) is 2.31. The minimum absolute atomic E-state index is 0.0670. The first-order valence-corrected chi connectivity index (χ1v) is 10.5. The highest BCUT2D eigenvalue weighted by molar-refractivity contribution is 9.10. The van der Waals surface area contributed by atoms with Gasteiger partial charge in [-0.1, -0.05) is 15.9 Å². The summed E-state index contributed by atoms with van der Waals surface area (Å²) >= 11 is 3.21. The van der Waals surface area contributed by atoms with Gasteiger partial charge in [0.05, 0.1) is 16.4 Å². The van der Waals surface area contributed by atoms with Gasteiger partial charge in [-0.25, -0.2) is 21.6 Å². The monoisotopic (exact) mass is 396 g/mol. The largest absolute Gasteiger partial charge is 0.398 e. The topological polar surface area (TPSA) is 106 Å². The van der Waals surface area contributed by atoms with Gasteiger partial charge in [-0.2, -0.15) is 0 Å². The number of sulfone groups is 1. The van der Waals surface area contributed by atoms with Crippen LogP contribution in [0.3, 0.4) is 0 Å². The molecule has 1 unspecified atom stereocenters. The smallest absolute Gasteiger partial charge is 0.241 e. The number of hydrogen-bond acceptors (Lipinski definition) is 5. The zero-order chi connectivity index (χ0) is 15.8. The van der Waals surface area contributed by atoms with Crippen LogP contribution in [0.25, 0.3) is 0 Å². The molecule has 0 amide bonds. The lowest BCUT2D eigenvalue weighted by molar-refractivity contribution is 0.517. The number of halogens is 1. The van der Waals surface area contributed by atoms with Crippen molar-refractivity contribution < 1.29 is 16.8 Å². The van der Waals surface area contributed by atoms with E-state index in [1.165, 1.54) is 6.07 Å². The molecule has 1 saturated heterocycles. The predicted octanol–water partition coefficient (Wildman–Crippen LogP) is 1.20. The number of anilines is 1. The lowest BCUT2D eigenvalue weighted by Crippen LogP contribution is -2.43. The molecule has 1 aromatic carbocycles. The minimum Gasteiger partial charge on any atom is -0.398 e. The fourth-order valence-corrected chi connectivity index (χ4v) is 6.29. The van der Waals surface area contributed by atoms with Crippen LogP contribution in [-0.4, -0.2) is 34.4 Å². The minimum atomic E-state index is -3.81. The van der Waals surface area contributed by atoms with Crippen molar-refractivity contribution in [3.8, 4) is 0 Å². The Morgan fingerprint density at radius 2 is 2.05 bits per heavy atom. The number of benzene rings is 1. The van der Waals surface area contributed by atoms with Gasteiger partial charge in [-0.3, -0.25) is 0 Å². The summed E-state index contributed by atoms with van der Waals surface area (Å²) in [5, 5.41) is 0. The maximum atomic E-state index is 12.5. The fourth-order valence-electron chi connectivity index (χ4n) is 2.35. The molecule has 0 spiro atoms. The van der Waals surface area contributed by atoms with Gasteiger partial charge >= 0.3 is 0 Å². The zero-order valence-corrected chi connectivity index (χ0v) is 14.7. The molecule has 3 N–H and O–H groups in total. The quantitative estimate of drug-likeness (QED) is 0.746. The summed E-state index contributed by atoms with van der Waals surface area (Å²) in [7, 11) is -6.98. The first-order chi connectivity index (χ1) is 9.61. The lowest BCUT2D eigenvalue weighted by Gasteiger charge is -2.23. The Kier molecular flexibility index (Phi) is 4.67. The molecule has 0 bridgehead atoms. The maximum Gasteiger partial charge on any atom is 0.241 e. The van der Waals surface area contributed by atoms with Crippen LogP contribution in [0.15, 0.2) is 21.5 Å². The molecule has 0 saturated carbocycles. The zero-order valence-electron chi connectivity index (χ0n) is 11.5. The third-order valence-corrected chi connectivity index (χ3v) is 7.36. The first kappa shape index (κ1) is 16.7. The van der Waals surface area contributed by atoms with Gasteiger partial charge in [0, 0.05) is 16.2 Å². The van der Waals surface area contributed by atoms with Gasteiger partial charge in [0.25, 0.3) is 0 Å². The predicted molar refractivity (Wildman–Crippen MR) is 85.3 cm³/mol. The van der Waals surface area contributed by atoms with Crippen molar-refractivity contribution in [1.82, 2.24) is 4.72 Å². The molecule has 0 aromatic heterocycles. The van der Waals surface area contributed by atoms with Gasteiger partial charge in [0.1, 0.15) is 0 Å². The molecule has 0 aliphatic carbocycles. The Bertz CT molecular complexity index is 760. The number of sulfonamides is 1. The number of nitrogen functional groups attached to an aromatic ring is 1. The Morgan fingerprint density at radius 1 is 1.38 bits per heavy atom. The molecule has 9 heteroatoms. The second kappa shape index (κ2) is 5.86. The van der Waals surface area contributed by atoms with E-state index in [0.717, 1.165) is 0 Å². The van der Waals surface area contributed by atoms with E-state index in [2.05, 4.69) is 20.7 Å². The molecule has 1 heterocycles. The number of nitrogens with two attached hydrogens (primary N) is 1. The molecule has 1 aliphatic rings. The number of hydrogen-bond donors (Lipinski definition) is 2. The second-order valence-electron chi connectivity index (χ2n) is 5.19. The Labute approximate surface area is 133 Å². The molecule has 6 nitrogen and oxygen atoms in total. The number of nitrogens with one attached hydrogen (secondary N) is 1. The third-order valence-electron chi connectivity index (χ3n) is 3.44. The van der Waals surface area contributed by atoms with Crippen LogP contribution in [0.2, 0.25) is 0 Å². The molecule has 1 fully saturated rings. The van der Waals surface area contributed by atoms with Crippen molar-refractivity contribution in [2.75, 3.05) is 17.2 Å². The van der Waals surface area contributed by atoms with Crippen LogP contribution in [0, 0.1) is 6.92 Å². The van der Waals surface area contributed by atoms with Gasteiger partial charge < -0.3 is 5.73 Å². The van der Waals surface area contributed by atoms with E-state index < -0.39 is 25.9 Å². The van der Waals surface area contributed by atoms with Crippen LogP contribution in [0.1, 0.15) is 18.4 Å². The van der Waals surface area contributed by atoms with Gasteiger partial charge in [0.2, 0.25) is 10.0 Å². The van der Waals surface area contributed by atoms with Crippen LogP contribution in [0.5, 0.6) is 0 Å². The molecule has 118 valence electrons. The fraction of sp³-hybridized carbons (Fsp3) is 0.500. The summed E-state index contributed by atoms with van der Waals surface area (Å²) in [5.74, 6) is -0.0388. The first-order valence-electron chi connectivity index (χ1n) is 6.39. The van der Waals surface area contributed by atoms with Crippen molar-refractivity contribution in [1.29, 1.82) is 0 Å². The van der Waals surface area contributed by atoms with Crippen molar-refractivity contribution in [3.63, 3.8) is 0 Å². The van der Waals surface area contributed by atoms with E-state index in [-0.39, 0.29) is 16.4 Å². The van der Waals surface area contributed by atoms with Gasteiger partial charge in [0.15, 0.2) is 9.84 Å². The lowest BCUT2D eigenvalue weighted by atomic mass is 10.2. The van der Waals surface area contributed by atoms with Crippen LogP contribution >= 0.6 is 15.9 Å². The maximum absolute atomic E-state index is 12.5. The standard InChI is InChI=1S/C12H17BrN2O4S2/c1-8-11(14)5-9(13)6-12(8)21(18,19)15-10-3-2-4-20(16,17)7-10/h5-6,10,15H,2-4,7,14H2,1H3. The summed E-state index contributed by atoms with van der Waals surface area (Å²) in [4.78, 5) is 0.0670. The summed E-state index contributed by atoms with van der Waals surface area (Å²) in [6.07, 6.45) is 0.982. The number of rotatable bonds is 3. The van der Waals surface area contributed by atoms with Gasteiger partial charge in [-0.05, 0) is 37.5 Å². The summed E-state index contributed by atoms with van der Waals surface area (Å²) < 4.78 is 51.1. The SMILES string of the molecule is Cc1c(N)cc(Br)cc1S(=O)(=O)NC1CCCS(=O)(=O)C1. The van der Waals surface area contributed by atoms with E-state index in [1.54, 1.807) is 13.0 Å². The van der Waals surface area contributed by atoms with Gasteiger partial charge in [-0.15, -0.1) is 0 Å². The molecular formula is C12H17BrN2O4S2. The van der Waals surface area contributed by atoms with E-state index in [1.807, 2.05) is 0 Å². The molecule has 1 aliphatic heterocycles. The van der Waals surface area contributed by atoms with Crippen molar-refractivity contribution >= 4 is 41.5 Å². The third kappa shape index (κ3) is 3.97. The van der Waals surface area contributed by atoms with Crippen LogP contribution < -0.4 is 10.5 Å². The van der Waals surface area contributed by atoms with E-state index in [0.29, 0.717) is 28.6 Å². The van der Waals surface area contributed by atoms with E-state index in [9.17, 15) is 16.8 Å². The molecular weight excluding hydrogens is 380 g/mol. The molecule has 0 radical (unpaired) electrons. The Balaban J connectivity index is 2.31. The highest BCUT2D eigenvalue weighted by Crippen LogP contribution is 2.27. The highest BCUT2D eigenvalue weighted by atomic mass is 79.9. The van der Waals surface area contributed by atoms with Crippen LogP contribution in [-0.2, 0) is 19.9 Å². The Morgan fingerprint density at radius 3 is 2.67 bits per heavy atom. The average molecular weight is 397 g/mol. The molecule has 21 heavy (non-hydrogen) atoms.